The Morgan fingerprint density at radius 1 is 0.854 bits per heavy atom. The van der Waals surface area contributed by atoms with Gasteiger partial charge in [0.25, 0.3) is 6.47 Å². The molecule has 0 fully saturated rings. The molecule has 244 valence electrons. The van der Waals surface area contributed by atoms with Crippen molar-refractivity contribution < 1.29 is 33.9 Å². The monoisotopic (exact) mass is 643 g/mol. The van der Waals surface area contributed by atoms with Crippen LogP contribution >= 0.6 is 0 Å². The van der Waals surface area contributed by atoms with Crippen molar-refractivity contribution in [3.8, 4) is 0 Å². The van der Waals surface area contributed by atoms with Crippen LogP contribution in [-0.4, -0.2) is 58.6 Å². The molecule has 0 saturated heterocycles. The first-order valence-corrected chi connectivity index (χ1v) is 16.0. The maximum absolute atomic E-state index is 11.8. The molecule has 0 saturated carbocycles. The molecule has 2 aliphatic heterocycles. The van der Waals surface area contributed by atoms with E-state index in [9.17, 15) is 24.6 Å². The van der Waals surface area contributed by atoms with Crippen molar-refractivity contribution in [3.63, 3.8) is 0 Å². The van der Waals surface area contributed by atoms with Crippen molar-refractivity contribution in [2.24, 2.45) is 0 Å². The Morgan fingerprint density at radius 3 is 2.19 bits per heavy atom. The zero-order chi connectivity index (χ0) is 34.2. The molecule has 8 nitrogen and oxygen atoms in total. The van der Waals surface area contributed by atoms with Gasteiger partial charge in [-0.15, -0.1) is 0 Å². The summed E-state index contributed by atoms with van der Waals surface area (Å²) < 4.78 is 7.19. The van der Waals surface area contributed by atoms with Crippen molar-refractivity contribution in [1.82, 2.24) is 0 Å². The first kappa shape index (κ1) is 32.4. The van der Waals surface area contributed by atoms with Gasteiger partial charge in [-0.1, -0.05) is 74.5 Å². The van der Waals surface area contributed by atoms with E-state index in [0.717, 1.165) is 44.5 Å². The van der Waals surface area contributed by atoms with Crippen LogP contribution in [0.5, 0.6) is 0 Å². The maximum Gasteiger partial charge on any atom is 0.335 e. The van der Waals surface area contributed by atoms with Gasteiger partial charge < -0.3 is 19.8 Å². The molecule has 48 heavy (non-hydrogen) atoms. The quantitative estimate of drug-likeness (QED) is 0.0573. The summed E-state index contributed by atoms with van der Waals surface area (Å²) in [6, 6.07) is 21.9. The molecule has 8 heteroatoms. The number of allylic oxidation sites excluding steroid dienone is 6. The summed E-state index contributed by atoms with van der Waals surface area (Å²) >= 11 is 0. The molecule has 2 N–H and O–H groups in total. The summed E-state index contributed by atoms with van der Waals surface area (Å²) in [6.07, 6.45) is 9.96. The lowest BCUT2D eigenvalue weighted by Crippen LogP contribution is -2.29. The third-order valence-electron chi connectivity index (χ3n) is 9.65. The molecule has 2 heterocycles. The fourth-order valence-corrected chi connectivity index (χ4v) is 7.46. The van der Waals surface area contributed by atoms with Crippen molar-refractivity contribution in [2.45, 2.75) is 44.9 Å². The van der Waals surface area contributed by atoms with Crippen LogP contribution in [0.4, 0.5) is 11.4 Å². The highest BCUT2D eigenvalue weighted by Crippen LogP contribution is 2.50. The summed E-state index contributed by atoms with van der Waals surface area (Å²) in [7, 11) is 0. The molecule has 6 rings (SSSR count). The number of aromatic carboxylic acids is 1. The Bertz CT molecular complexity index is 2100. The molecule has 4 aromatic rings. The van der Waals surface area contributed by atoms with Gasteiger partial charge in [-0.25, -0.2) is 4.79 Å². The fraction of sp³-hybridized carbons (Fsp3) is 0.250. The average Bonchev–Trinajstić information content (AvgIpc) is 3.42. The number of aliphatic carboxylic acids is 1. The second kappa shape index (κ2) is 12.6. The minimum Gasteiger partial charge on any atom is -0.481 e. The van der Waals surface area contributed by atoms with Gasteiger partial charge in [0, 0.05) is 28.4 Å². The Morgan fingerprint density at radius 2 is 1.52 bits per heavy atom. The molecule has 0 atom stereocenters. The minimum atomic E-state index is -0.986. The van der Waals surface area contributed by atoms with Gasteiger partial charge in [0.1, 0.15) is 13.0 Å². The number of benzene rings is 4. The van der Waals surface area contributed by atoms with E-state index in [2.05, 4.69) is 79.6 Å². The molecule has 0 aromatic heterocycles. The largest absolute Gasteiger partial charge is 0.481 e. The number of carboxylic acid groups (broad SMARTS) is 2. The zero-order valence-corrected chi connectivity index (χ0v) is 27.6. The number of anilines is 1. The van der Waals surface area contributed by atoms with Gasteiger partial charge in [-0.3, -0.25) is 9.59 Å². The van der Waals surface area contributed by atoms with Gasteiger partial charge in [0.15, 0.2) is 12.3 Å². The smallest absolute Gasteiger partial charge is 0.335 e. The normalized spacial score (nSPS) is 17.2. The second-order valence-corrected chi connectivity index (χ2v) is 13.2. The number of rotatable bonds is 11. The number of hydrogen-bond donors (Lipinski definition) is 2. The average molecular weight is 644 g/mol. The fourth-order valence-electron chi connectivity index (χ4n) is 7.46. The first-order valence-electron chi connectivity index (χ1n) is 16.0. The molecule has 0 aliphatic carbocycles. The zero-order valence-electron chi connectivity index (χ0n) is 27.6. The topological polar surface area (TPSA) is 107 Å². The van der Waals surface area contributed by atoms with Crippen molar-refractivity contribution in [3.05, 3.63) is 119 Å². The number of carbonyl (C=O) groups excluding carboxylic acids is 1. The Labute approximate surface area is 279 Å². The molecule has 4 aromatic carbocycles. The number of carboxylic acids is 2. The molecule has 0 spiro atoms. The lowest BCUT2D eigenvalue weighted by molar-refractivity contribution is -0.435. The molecular weight excluding hydrogens is 604 g/mol. The van der Waals surface area contributed by atoms with Crippen LogP contribution in [0.2, 0.25) is 0 Å². The van der Waals surface area contributed by atoms with Gasteiger partial charge in [-0.05, 0) is 65.9 Å². The van der Waals surface area contributed by atoms with Gasteiger partial charge in [0.05, 0.1) is 22.9 Å². The molecule has 2 aliphatic rings. The number of fused-ring (bicyclic) bond motifs is 7. The molecular formula is C40H39N2O6+. The molecule has 0 unspecified atom stereocenters. The van der Waals surface area contributed by atoms with Crippen molar-refractivity contribution in [1.29, 1.82) is 0 Å². The summed E-state index contributed by atoms with van der Waals surface area (Å²) in [5.41, 5.74) is 5.27. The van der Waals surface area contributed by atoms with E-state index in [1.807, 2.05) is 42.5 Å². The Balaban J connectivity index is 1.40. The van der Waals surface area contributed by atoms with E-state index >= 15 is 0 Å². The van der Waals surface area contributed by atoms with Crippen LogP contribution in [0.15, 0.2) is 103 Å². The van der Waals surface area contributed by atoms with Gasteiger partial charge >= 0.3 is 11.9 Å². The highest BCUT2D eigenvalue weighted by molar-refractivity contribution is 6.18. The van der Waals surface area contributed by atoms with Crippen LogP contribution < -0.4 is 4.90 Å². The minimum absolute atomic E-state index is 0.00115. The predicted octanol–water partition coefficient (Wildman–Crippen LogP) is 7.51. The van der Waals surface area contributed by atoms with E-state index < -0.39 is 22.8 Å². The van der Waals surface area contributed by atoms with Crippen LogP contribution in [-0.2, 0) is 25.2 Å². The summed E-state index contributed by atoms with van der Waals surface area (Å²) in [5, 5.41) is 23.9. The number of nitrogens with zero attached hydrogens (tertiary/aromatic N) is 2. The molecule has 0 amide bonds. The number of ether oxygens (including phenoxy) is 1. The van der Waals surface area contributed by atoms with E-state index in [4.69, 9.17) is 4.74 Å². The highest BCUT2D eigenvalue weighted by atomic mass is 16.5. The van der Waals surface area contributed by atoms with Crippen molar-refractivity contribution in [2.75, 3.05) is 24.6 Å². The molecule has 0 bridgehead atoms. The van der Waals surface area contributed by atoms with Crippen molar-refractivity contribution >= 4 is 57.0 Å². The lowest BCUT2D eigenvalue weighted by Gasteiger charge is -2.26. The van der Waals surface area contributed by atoms with Gasteiger partial charge in [-0.2, -0.15) is 4.58 Å². The van der Waals surface area contributed by atoms with E-state index in [0.29, 0.717) is 19.6 Å². The lowest BCUT2D eigenvalue weighted by atomic mass is 9.78. The van der Waals surface area contributed by atoms with Crippen LogP contribution in [0.25, 0.3) is 21.5 Å². The van der Waals surface area contributed by atoms with E-state index in [1.54, 1.807) is 12.1 Å². The number of carbonyl (C=O) groups is 3. The molecule has 0 radical (unpaired) electrons. The standard InChI is InChI=1S/C40H38N2O6/c1-39(2)31-24-26(38(46)47)18-19-32(31)41(22-23-48-25-43)33(39)16-6-5-7-17-34-40(3,4)36-29-14-10-8-12-27(29)28-13-9-11-15-30(28)37(36)42(34)21-20-35(44)45/h5-19,24-25H,20-23H2,1-4H3,(H-,44,45,46,47)/p+1. The first-order chi connectivity index (χ1) is 23.0. The predicted molar refractivity (Wildman–Crippen MR) is 189 cm³/mol. The van der Waals surface area contributed by atoms with Gasteiger partial charge in [0.2, 0.25) is 5.69 Å². The third-order valence-corrected chi connectivity index (χ3v) is 9.65. The maximum atomic E-state index is 11.8. The Hall–Kier alpha value is -5.50. The number of hydrogen-bond acceptors (Lipinski definition) is 5. The highest BCUT2D eigenvalue weighted by Gasteiger charge is 2.47. The summed E-state index contributed by atoms with van der Waals surface area (Å²) in [4.78, 5) is 36.5. The van der Waals surface area contributed by atoms with Crippen LogP contribution in [0.1, 0.15) is 55.6 Å². The van der Waals surface area contributed by atoms with E-state index in [-0.39, 0.29) is 18.6 Å². The summed E-state index contributed by atoms with van der Waals surface area (Å²) in [5.74, 6) is -1.83. The van der Waals surface area contributed by atoms with Crippen LogP contribution in [0, 0.1) is 0 Å². The summed E-state index contributed by atoms with van der Waals surface area (Å²) in [6.45, 7) is 9.86. The second-order valence-electron chi connectivity index (χ2n) is 13.2. The van der Waals surface area contributed by atoms with Crippen LogP contribution in [0.3, 0.4) is 0 Å². The SMILES string of the molecule is CC1(C)C(/C=C/C=C/C=C2\N(CCOC=O)c3ccc(C(=O)O)cc3C2(C)C)=[N+](CCC(=O)O)c2c1c1ccccc1c1ccccc21. The third kappa shape index (κ3) is 5.47. The Kier molecular flexibility index (Phi) is 8.52. The van der Waals surface area contributed by atoms with E-state index in [1.165, 1.54) is 10.9 Å².